The summed E-state index contributed by atoms with van der Waals surface area (Å²) in [5, 5.41) is 2.95. The van der Waals surface area contributed by atoms with Crippen LogP contribution in [0.15, 0.2) is 24.3 Å². The van der Waals surface area contributed by atoms with Crippen molar-refractivity contribution >= 4 is 17.9 Å². The molecule has 1 aromatic carbocycles. The number of nitrogens with one attached hydrogen (secondary N) is 1. The van der Waals surface area contributed by atoms with Gasteiger partial charge < -0.3 is 19.9 Å². The number of esters is 1. The molecule has 0 radical (unpaired) electrons. The van der Waals surface area contributed by atoms with E-state index in [-0.39, 0.29) is 17.4 Å². The van der Waals surface area contributed by atoms with Gasteiger partial charge in [0, 0.05) is 32.7 Å². The molecule has 0 spiro atoms. The maximum Gasteiger partial charge on any atom is 0.337 e. The Morgan fingerprint density at radius 3 is 1.97 bits per heavy atom. The number of carbonyl (C=O) groups excluding carboxylic acids is 3. The summed E-state index contributed by atoms with van der Waals surface area (Å²) in [6.07, 6.45) is 7.29. The molecule has 5 fully saturated rings. The minimum absolute atomic E-state index is 0.102. The number of ether oxygens (including phenoxy) is 1. The largest absolute Gasteiger partial charge is 0.465 e. The molecule has 3 amide bonds. The molecule has 0 aromatic heterocycles. The highest BCUT2D eigenvalue weighted by atomic mass is 16.5. The zero-order valence-corrected chi connectivity index (χ0v) is 18.8. The van der Waals surface area contributed by atoms with Crippen molar-refractivity contribution in [1.82, 2.24) is 15.1 Å². The van der Waals surface area contributed by atoms with Crippen molar-refractivity contribution in [1.29, 1.82) is 0 Å². The molecule has 1 N–H and O–H groups in total. The predicted molar refractivity (Wildman–Crippen MR) is 119 cm³/mol. The molecular formula is C25H33N3O4. The number of amides is 3. The molecule has 0 atom stereocenters. The number of urea groups is 1. The second kappa shape index (κ2) is 8.41. The first kappa shape index (κ1) is 21.3. The lowest BCUT2D eigenvalue weighted by molar-refractivity contribution is -0.159. The highest BCUT2D eigenvalue weighted by molar-refractivity contribution is 5.89. The highest BCUT2D eigenvalue weighted by Crippen LogP contribution is 2.60. The van der Waals surface area contributed by atoms with Crippen molar-refractivity contribution < 1.29 is 19.1 Å². The molecule has 1 aliphatic heterocycles. The Balaban J connectivity index is 1.11. The van der Waals surface area contributed by atoms with E-state index in [1.54, 1.807) is 17.0 Å². The Morgan fingerprint density at radius 2 is 1.44 bits per heavy atom. The first-order chi connectivity index (χ1) is 15.5. The van der Waals surface area contributed by atoms with E-state index in [1.807, 2.05) is 17.0 Å². The second-order valence-electron chi connectivity index (χ2n) is 10.3. The molecule has 7 heteroatoms. The van der Waals surface area contributed by atoms with Gasteiger partial charge in [0.15, 0.2) is 0 Å². The summed E-state index contributed by atoms with van der Waals surface area (Å²) in [4.78, 5) is 41.5. The number of methoxy groups -OCH3 is 1. The second-order valence-corrected chi connectivity index (χ2v) is 10.3. The van der Waals surface area contributed by atoms with Gasteiger partial charge >= 0.3 is 12.0 Å². The Bertz CT molecular complexity index is 854. The number of benzene rings is 1. The van der Waals surface area contributed by atoms with Crippen LogP contribution < -0.4 is 5.32 Å². The molecule has 32 heavy (non-hydrogen) atoms. The minimum atomic E-state index is -0.374. The van der Waals surface area contributed by atoms with E-state index in [2.05, 4.69) is 5.32 Å². The molecule has 1 heterocycles. The molecule has 4 bridgehead atoms. The van der Waals surface area contributed by atoms with Crippen LogP contribution in [0.2, 0.25) is 0 Å². The van der Waals surface area contributed by atoms with E-state index in [9.17, 15) is 14.4 Å². The number of hydrogen-bond acceptors (Lipinski definition) is 4. The molecule has 4 saturated carbocycles. The van der Waals surface area contributed by atoms with Crippen LogP contribution in [-0.4, -0.2) is 61.0 Å². The van der Waals surface area contributed by atoms with E-state index in [4.69, 9.17) is 4.74 Å². The fourth-order valence-electron chi connectivity index (χ4n) is 6.99. The summed E-state index contributed by atoms with van der Waals surface area (Å²) in [5.74, 6) is 2.28. The van der Waals surface area contributed by atoms with Crippen LogP contribution in [0, 0.1) is 23.2 Å². The van der Waals surface area contributed by atoms with Crippen LogP contribution >= 0.6 is 0 Å². The zero-order valence-electron chi connectivity index (χ0n) is 18.8. The Kier molecular flexibility index (Phi) is 5.59. The van der Waals surface area contributed by atoms with Crippen LogP contribution in [0.25, 0.3) is 0 Å². The minimum Gasteiger partial charge on any atom is -0.465 e. The summed E-state index contributed by atoms with van der Waals surface area (Å²) >= 11 is 0. The average Bonchev–Trinajstić information content (AvgIpc) is 2.81. The Hall–Kier alpha value is -2.57. The van der Waals surface area contributed by atoms with Crippen LogP contribution in [0.5, 0.6) is 0 Å². The number of rotatable bonds is 4. The van der Waals surface area contributed by atoms with Crippen molar-refractivity contribution in [2.75, 3.05) is 33.3 Å². The lowest BCUT2D eigenvalue weighted by Gasteiger charge is -2.57. The quantitative estimate of drug-likeness (QED) is 0.732. The van der Waals surface area contributed by atoms with E-state index < -0.39 is 0 Å². The molecule has 172 valence electrons. The van der Waals surface area contributed by atoms with Gasteiger partial charge in [-0.05, 0) is 74.0 Å². The summed E-state index contributed by atoms with van der Waals surface area (Å²) in [6, 6.07) is 6.91. The van der Waals surface area contributed by atoms with Crippen LogP contribution in [0.4, 0.5) is 4.79 Å². The van der Waals surface area contributed by atoms with Gasteiger partial charge in [-0.1, -0.05) is 12.1 Å². The lowest BCUT2D eigenvalue weighted by Crippen LogP contribution is -2.59. The van der Waals surface area contributed by atoms with Crippen molar-refractivity contribution in [3.05, 3.63) is 35.4 Å². The normalized spacial score (nSPS) is 30.8. The SMILES string of the molecule is COC(=O)c1ccc(CNC(=O)N2CCN(C(=O)C34CC5CC(CC(C5)C3)C4)CC2)cc1. The topological polar surface area (TPSA) is 79.0 Å². The van der Waals surface area contributed by atoms with Crippen LogP contribution in [-0.2, 0) is 16.1 Å². The average molecular weight is 440 g/mol. The third-order valence-corrected chi connectivity index (χ3v) is 8.16. The Labute approximate surface area is 189 Å². The summed E-state index contributed by atoms with van der Waals surface area (Å²) in [5.41, 5.74) is 1.30. The molecule has 4 aliphatic carbocycles. The third kappa shape index (κ3) is 3.97. The van der Waals surface area contributed by atoms with Crippen LogP contribution in [0.1, 0.15) is 54.4 Å². The maximum absolute atomic E-state index is 13.5. The van der Waals surface area contributed by atoms with Crippen molar-refractivity contribution in [2.45, 2.75) is 45.1 Å². The predicted octanol–water partition coefficient (Wildman–Crippen LogP) is 3.04. The first-order valence-electron chi connectivity index (χ1n) is 12.0. The van der Waals surface area contributed by atoms with E-state index in [0.717, 1.165) is 42.6 Å². The lowest BCUT2D eigenvalue weighted by atomic mass is 9.49. The number of hydrogen-bond donors (Lipinski definition) is 1. The summed E-state index contributed by atoms with van der Waals surface area (Å²) in [6.45, 7) is 2.80. The monoisotopic (exact) mass is 439 g/mol. The van der Waals surface area contributed by atoms with Gasteiger partial charge in [-0.25, -0.2) is 9.59 Å². The molecule has 6 rings (SSSR count). The van der Waals surface area contributed by atoms with E-state index in [1.165, 1.54) is 26.4 Å². The Morgan fingerprint density at radius 1 is 0.906 bits per heavy atom. The van der Waals surface area contributed by atoms with Gasteiger partial charge in [0.1, 0.15) is 0 Å². The molecular weight excluding hydrogens is 406 g/mol. The first-order valence-corrected chi connectivity index (χ1v) is 12.0. The molecule has 7 nitrogen and oxygen atoms in total. The number of carbonyl (C=O) groups is 3. The third-order valence-electron chi connectivity index (χ3n) is 8.16. The highest BCUT2D eigenvalue weighted by Gasteiger charge is 2.55. The smallest absolute Gasteiger partial charge is 0.337 e. The van der Waals surface area contributed by atoms with Gasteiger partial charge in [-0.3, -0.25) is 4.79 Å². The van der Waals surface area contributed by atoms with Crippen molar-refractivity contribution in [3.63, 3.8) is 0 Å². The van der Waals surface area contributed by atoms with E-state index >= 15 is 0 Å². The van der Waals surface area contributed by atoms with Gasteiger partial charge in [0.2, 0.25) is 5.91 Å². The molecule has 1 aromatic rings. The number of piperazine rings is 1. The fourth-order valence-corrected chi connectivity index (χ4v) is 6.99. The number of nitrogens with zero attached hydrogens (tertiary/aromatic N) is 2. The van der Waals surface area contributed by atoms with Gasteiger partial charge in [0.25, 0.3) is 0 Å². The molecule has 0 unspecified atom stereocenters. The maximum atomic E-state index is 13.5. The van der Waals surface area contributed by atoms with Crippen molar-refractivity contribution in [2.24, 2.45) is 23.2 Å². The van der Waals surface area contributed by atoms with E-state index in [0.29, 0.717) is 44.2 Å². The van der Waals surface area contributed by atoms with Gasteiger partial charge in [-0.2, -0.15) is 0 Å². The fraction of sp³-hybridized carbons (Fsp3) is 0.640. The zero-order chi connectivity index (χ0) is 22.3. The standard InChI is InChI=1S/C25H33N3O4/c1-32-22(29)21-4-2-17(3-5-21)16-26-24(31)28-8-6-27(7-9-28)23(30)25-13-18-10-19(14-25)12-20(11-18)15-25/h2-5,18-20H,6-16H2,1H3,(H,26,31). The van der Waals surface area contributed by atoms with Crippen molar-refractivity contribution in [3.8, 4) is 0 Å². The molecule has 1 saturated heterocycles. The van der Waals surface area contributed by atoms with Gasteiger partial charge in [-0.15, -0.1) is 0 Å². The molecule has 5 aliphatic rings. The van der Waals surface area contributed by atoms with Gasteiger partial charge in [0.05, 0.1) is 18.1 Å². The van der Waals surface area contributed by atoms with Crippen LogP contribution in [0.3, 0.4) is 0 Å². The summed E-state index contributed by atoms with van der Waals surface area (Å²) in [7, 11) is 1.35. The summed E-state index contributed by atoms with van der Waals surface area (Å²) < 4.78 is 4.70.